The third-order valence-electron chi connectivity index (χ3n) is 4.36. The smallest absolute Gasteiger partial charge is 0.240 e. The third kappa shape index (κ3) is 5.52. The average molecular weight is 270 g/mol. The van der Waals surface area contributed by atoms with E-state index < -0.39 is 5.54 Å². The minimum atomic E-state index is -0.475. The van der Waals surface area contributed by atoms with E-state index in [4.69, 9.17) is 0 Å². The molecule has 0 aromatic rings. The summed E-state index contributed by atoms with van der Waals surface area (Å²) in [6.45, 7) is 16.7. The van der Waals surface area contributed by atoms with Gasteiger partial charge in [-0.15, -0.1) is 0 Å². The molecular formula is C16H34N2O. The van der Waals surface area contributed by atoms with Crippen LogP contribution in [0.5, 0.6) is 0 Å². The van der Waals surface area contributed by atoms with Crippen LogP contribution in [0.15, 0.2) is 0 Å². The molecule has 2 N–H and O–H groups in total. The van der Waals surface area contributed by atoms with Crippen molar-refractivity contribution in [2.24, 2.45) is 17.8 Å². The highest BCUT2D eigenvalue weighted by atomic mass is 16.2. The van der Waals surface area contributed by atoms with Gasteiger partial charge in [0.25, 0.3) is 0 Å². The highest BCUT2D eigenvalue weighted by Gasteiger charge is 2.36. The first-order valence-electron chi connectivity index (χ1n) is 7.82. The molecule has 1 amide bonds. The zero-order valence-electron chi connectivity index (χ0n) is 14.0. The molecule has 0 aromatic heterocycles. The Kier molecular flexibility index (Phi) is 8.31. The molecule has 0 saturated carbocycles. The molecule has 0 aromatic carbocycles. The number of carbonyl (C=O) groups is 1. The van der Waals surface area contributed by atoms with Gasteiger partial charge in [0.05, 0.1) is 5.54 Å². The topological polar surface area (TPSA) is 41.1 Å². The van der Waals surface area contributed by atoms with E-state index in [2.05, 4.69) is 52.2 Å². The fourth-order valence-corrected chi connectivity index (χ4v) is 2.16. The van der Waals surface area contributed by atoms with Crippen molar-refractivity contribution in [2.75, 3.05) is 13.1 Å². The molecule has 0 radical (unpaired) electrons. The van der Waals surface area contributed by atoms with Crippen LogP contribution in [0.2, 0.25) is 0 Å². The second-order valence-electron chi connectivity index (χ2n) is 6.41. The quantitative estimate of drug-likeness (QED) is 0.675. The molecular weight excluding hydrogens is 236 g/mol. The molecule has 0 rings (SSSR count). The second-order valence-corrected chi connectivity index (χ2v) is 6.41. The fourth-order valence-electron chi connectivity index (χ4n) is 2.16. The standard InChI is InChI=1S/C16H34N2O/c1-8-10-17-15(19)16(7,13(5)6)18-11-14(9-2)12(3)4/h12-14,18H,8-11H2,1-7H3,(H,17,19). The van der Waals surface area contributed by atoms with Gasteiger partial charge in [0.1, 0.15) is 0 Å². The van der Waals surface area contributed by atoms with Crippen LogP contribution in [-0.4, -0.2) is 24.5 Å². The van der Waals surface area contributed by atoms with Crippen LogP contribution in [0.3, 0.4) is 0 Å². The number of carbonyl (C=O) groups excluding carboxylic acids is 1. The summed E-state index contributed by atoms with van der Waals surface area (Å²) in [7, 11) is 0. The predicted octanol–water partition coefficient (Wildman–Crippen LogP) is 3.20. The van der Waals surface area contributed by atoms with Gasteiger partial charge in [0.15, 0.2) is 0 Å². The van der Waals surface area contributed by atoms with Crippen molar-refractivity contribution in [1.82, 2.24) is 10.6 Å². The highest BCUT2D eigenvalue weighted by Crippen LogP contribution is 2.20. The fraction of sp³-hybridized carbons (Fsp3) is 0.938. The molecule has 0 aliphatic heterocycles. The van der Waals surface area contributed by atoms with Gasteiger partial charge in [0.2, 0.25) is 5.91 Å². The van der Waals surface area contributed by atoms with Crippen LogP contribution in [0.4, 0.5) is 0 Å². The van der Waals surface area contributed by atoms with Crippen LogP contribution >= 0.6 is 0 Å². The summed E-state index contributed by atoms with van der Waals surface area (Å²) < 4.78 is 0. The predicted molar refractivity (Wildman–Crippen MR) is 83.2 cm³/mol. The maximum Gasteiger partial charge on any atom is 0.240 e. The first kappa shape index (κ1) is 18.4. The molecule has 0 aliphatic carbocycles. The van der Waals surface area contributed by atoms with E-state index in [0.717, 1.165) is 25.9 Å². The van der Waals surface area contributed by atoms with Crippen molar-refractivity contribution in [1.29, 1.82) is 0 Å². The largest absolute Gasteiger partial charge is 0.355 e. The van der Waals surface area contributed by atoms with Crippen molar-refractivity contribution in [3.05, 3.63) is 0 Å². The van der Waals surface area contributed by atoms with Crippen LogP contribution in [0.25, 0.3) is 0 Å². The summed E-state index contributed by atoms with van der Waals surface area (Å²) in [6, 6.07) is 0. The lowest BCUT2D eigenvalue weighted by Crippen LogP contribution is -2.59. The molecule has 0 fully saturated rings. The third-order valence-corrected chi connectivity index (χ3v) is 4.36. The Balaban J connectivity index is 4.66. The van der Waals surface area contributed by atoms with Crippen molar-refractivity contribution in [2.45, 2.75) is 66.8 Å². The highest BCUT2D eigenvalue weighted by molar-refractivity contribution is 5.86. The lowest BCUT2D eigenvalue weighted by atomic mass is 9.85. The zero-order valence-corrected chi connectivity index (χ0v) is 14.0. The van der Waals surface area contributed by atoms with Crippen LogP contribution < -0.4 is 10.6 Å². The summed E-state index contributed by atoms with van der Waals surface area (Å²) in [6.07, 6.45) is 2.12. The van der Waals surface area contributed by atoms with Gasteiger partial charge in [-0.1, -0.05) is 48.0 Å². The van der Waals surface area contributed by atoms with Gasteiger partial charge >= 0.3 is 0 Å². The Morgan fingerprint density at radius 1 is 1.16 bits per heavy atom. The van der Waals surface area contributed by atoms with Gasteiger partial charge in [-0.05, 0) is 37.6 Å². The van der Waals surface area contributed by atoms with E-state index in [1.54, 1.807) is 0 Å². The Hall–Kier alpha value is -0.570. The Bertz CT molecular complexity index is 263. The van der Waals surface area contributed by atoms with E-state index in [1.807, 2.05) is 6.92 Å². The second kappa shape index (κ2) is 8.57. The van der Waals surface area contributed by atoms with Crippen molar-refractivity contribution < 1.29 is 4.79 Å². The number of amides is 1. The number of hydrogen-bond donors (Lipinski definition) is 2. The van der Waals surface area contributed by atoms with E-state index in [9.17, 15) is 4.79 Å². The van der Waals surface area contributed by atoms with Crippen LogP contribution in [0, 0.1) is 17.8 Å². The van der Waals surface area contributed by atoms with Crippen molar-refractivity contribution in [3.63, 3.8) is 0 Å². The van der Waals surface area contributed by atoms with Gasteiger partial charge in [0, 0.05) is 6.54 Å². The molecule has 3 heteroatoms. The van der Waals surface area contributed by atoms with E-state index >= 15 is 0 Å². The van der Waals surface area contributed by atoms with Crippen molar-refractivity contribution in [3.8, 4) is 0 Å². The van der Waals surface area contributed by atoms with Gasteiger partial charge in [-0.2, -0.15) is 0 Å². The minimum Gasteiger partial charge on any atom is -0.355 e. The summed E-state index contributed by atoms with van der Waals surface area (Å²) in [5.74, 6) is 1.67. The lowest BCUT2D eigenvalue weighted by Gasteiger charge is -2.35. The SMILES string of the molecule is CCCNC(=O)C(C)(NCC(CC)C(C)C)C(C)C. The molecule has 0 bridgehead atoms. The van der Waals surface area contributed by atoms with Crippen LogP contribution in [-0.2, 0) is 4.79 Å². The Morgan fingerprint density at radius 3 is 2.11 bits per heavy atom. The summed E-state index contributed by atoms with van der Waals surface area (Å²) in [4.78, 5) is 12.4. The van der Waals surface area contributed by atoms with Crippen molar-refractivity contribution >= 4 is 5.91 Å². The molecule has 114 valence electrons. The molecule has 0 aliphatic rings. The normalized spacial score (nSPS) is 16.5. The number of hydrogen-bond acceptors (Lipinski definition) is 2. The van der Waals surface area contributed by atoms with E-state index in [1.165, 1.54) is 0 Å². The summed E-state index contributed by atoms with van der Waals surface area (Å²) in [5, 5.41) is 6.55. The number of nitrogens with one attached hydrogen (secondary N) is 2. The molecule has 2 unspecified atom stereocenters. The van der Waals surface area contributed by atoms with E-state index in [-0.39, 0.29) is 11.8 Å². The maximum atomic E-state index is 12.4. The Morgan fingerprint density at radius 2 is 1.74 bits per heavy atom. The summed E-state index contributed by atoms with van der Waals surface area (Å²) >= 11 is 0. The van der Waals surface area contributed by atoms with Gasteiger partial charge in [-0.25, -0.2) is 0 Å². The first-order valence-corrected chi connectivity index (χ1v) is 7.82. The molecule has 0 heterocycles. The monoisotopic (exact) mass is 270 g/mol. The average Bonchev–Trinajstić information content (AvgIpc) is 2.35. The molecule has 3 nitrogen and oxygen atoms in total. The first-order chi connectivity index (χ1) is 8.79. The summed E-state index contributed by atoms with van der Waals surface area (Å²) in [5.41, 5.74) is -0.475. The van der Waals surface area contributed by atoms with E-state index in [0.29, 0.717) is 11.8 Å². The molecule has 2 atom stereocenters. The van der Waals surface area contributed by atoms with Gasteiger partial charge in [-0.3, -0.25) is 4.79 Å². The van der Waals surface area contributed by atoms with Gasteiger partial charge < -0.3 is 10.6 Å². The molecule has 0 saturated heterocycles. The van der Waals surface area contributed by atoms with Crippen LogP contribution in [0.1, 0.15) is 61.3 Å². The lowest BCUT2D eigenvalue weighted by molar-refractivity contribution is -0.128. The Labute approximate surface area is 119 Å². The maximum absolute atomic E-state index is 12.4. The number of rotatable bonds is 9. The molecule has 0 spiro atoms. The zero-order chi connectivity index (χ0) is 15.1. The minimum absolute atomic E-state index is 0.128. The molecule has 19 heavy (non-hydrogen) atoms.